The van der Waals surface area contributed by atoms with Gasteiger partial charge in [0.15, 0.2) is 0 Å². The molecule has 1 amide bonds. The summed E-state index contributed by atoms with van der Waals surface area (Å²) in [4.78, 5) is 26.8. The van der Waals surface area contributed by atoms with E-state index >= 15 is 0 Å². The minimum Gasteiger partial charge on any atom is -0.493 e. The molecule has 2 N–H and O–H groups in total. The van der Waals surface area contributed by atoms with Crippen LogP contribution in [0.5, 0.6) is 5.75 Å². The van der Waals surface area contributed by atoms with Crippen LogP contribution in [0.4, 0.5) is 0 Å². The van der Waals surface area contributed by atoms with Gasteiger partial charge in [0.2, 0.25) is 15.9 Å². The Balaban J connectivity index is 1.36. The van der Waals surface area contributed by atoms with E-state index in [4.69, 9.17) is 16.3 Å². The minimum absolute atomic E-state index is 0.00781. The molecule has 1 aliphatic rings. The van der Waals surface area contributed by atoms with Crippen molar-refractivity contribution in [3.05, 3.63) is 136 Å². The first-order valence-electron chi connectivity index (χ1n) is 17.4. The smallest absolute Gasteiger partial charge is 0.335 e. The molecular formula is C40H43ClN4O6S. The molecular weight excluding hydrogens is 700 g/mol. The van der Waals surface area contributed by atoms with E-state index in [0.717, 1.165) is 33.3 Å². The fourth-order valence-corrected chi connectivity index (χ4v) is 8.41. The zero-order valence-corrected chi connectivity index (χ0v) is 30.8. The quantitative estimate of drug-likeness (QED) is 0.139. The molecule has 1 aromatic heterocycles. The lowest BCUT2D eigenvalue weighted by Gasteiger charge is -2.37. The molecule has 0 bridgehead atoms. The van der Waals surface area contributed by atoms with Crippen molar-refractivity contribution in [2.24, 2.45) is 0 Å². The van der Waals surface area contributed by atoms with Crippen LogP contribution in [0, 0.1) is 0 Å². The number of nitrogens with one attached hydrogen (secondary N) is 1. The van der Waals surface area contributed by atoms with Crippen molar-refractivity contribution in [2.45, 2.75) is 38.1 Å². The third-order valence-electron chi connectivity index (χ3n) is 9.78. The maximum Gasteiger partial charge on any atom is 0.335 e. The van der Waals surface area contributed by atoms with Gasteiger partial charge in [0.1, 0.15) is 11.1 Å². The molecule has 0 aliphatic carbocycles. The molecule has 1 atom stereocenters. The summed E-state index contributed by atoms with van der Waals surface area (Å²) in [7, 11) is -3.74. The number of rotatable bonds is 14. The zero-order valence-electron chi connectivity index (χ0n) is 29.2. The molecule has 12 heteroatoms. The second kappa shape index (κ2) is 16.3. The first-order valence-corrected chi connectivity index (χ1v) is 19.3. The third-order valence-corrected chi connectivity index (χ3v) is 11.8. The molecule has 0 spiro atoms. The number of amides is 1. The van der Waals surface area contributed by atoms with Crippen LogP contribution in [0.25, 0.3) is 10.9 Å². The van der Waals surface area contributed by atoms with Crippen LogP contribution in [-0.4, -0.2) is 84.5 Å². The predicted octanol–water partition coefficient (Wildman–Crippen LogP) is 6.22. The number of carboxylic acids is 1. The van der Waals surface area contributed by atoms with Gasteiger partial charge in [0.05, 0.1) is 18.2 Å². The molecule has 1 unspecified atom stereocenters. The number of fused-ring (bicyclic) bond motifs is 1. The van der Waals surface area contributed by atoms with Crippen LogP contribution in [0.1, 0.15) is 52.6 Å². The molecule has 1 saturated heterocycles. The van der Waals surface area contributed by atoms with E-state index in [1.54, 1.807) is 24.0 Å². The summed E-state index contributed by atoms with van der Waals surface area (Å²) in [6.45, 7) is 5.62. The lowest BCUT2D eigenvalue weighted by molar-refractivity contribution is -0.130. The van der Waals surface area contributed by atoms with E-state index in [0.29, 0.717) is 56.4 Å². The SMILES string of the molecule is CC(=O)N1CCN(C(C)S(=O)(=O)NCCc2c(CCOc3ccc(C(=O)O)cc3)c3cc(Cl)ccc3n2C(c2ccccc2)c2ccccc2)CC1. The number of ether oxygens (including phenoxy) is 1. The molecule has 1 aliphatic heterocycles. The van der Waals surface area contributed by atoms with E-state index in [9.17, 15) is 23.1 Å². The first kappa shape index (κ1) is 37.1. The van der Waals surface area contributed by atoms with Gasteiger partial charge in [0.25, 0.3) is 0 Å². The summed E-state index contributed by atoms with van der Waals surface area (Å²) in [5, 5.41) is 10.1. The van der Waals surface area contributed by atoms with Crippen LogP contribution in [0.15, 0.2) is 103 Å². The average Bonchev–Trinajstić information content (AvgIpc) is 3.43. The number of carbonyl (C=O) groups is 2. The van der Waals surface area contributed by atoms with Crippen LogP contribution < -0.4 is 9.46 Å². The Morgan fingerprint density at radius 1 is 0.865 bits per heavy atom. The predicted molar refractivity (Wildman–Crippen MR) is 204 cm³/mol. The Morgan fingerprint density at radius 2 is 1.48 bits per heavy atom. The first-order chi connectivity index (χ1) is 25.0. The highest BCUT2D eigenvalue weighted by Gasteiger charge is 2.31. The number of hydrogen-bond acceptors (Lipinski definition) is 6. The van der Waals surface area contributed by atoms with Gasteiger partial charge < -0.3 is 19.3 Å². The number of aromatic nitrogens is 1. The van der Waals surface area contributed by atoms with Crippen molar-refractivity contribution in [1.29, 1.82) is 0 Å². The Kier molecular flexibility index (Phi) is 11.6. The second-order valence-corrected chi connectivity index (χ2v) is 15.4. The third kappa shape index (κ3) is 8.34. The van der Waals surface area contributed by atoms with Crippen LogP contribution in [-0.2, 0) is 27.7 Å². The average molecular weight is 743 g/mol. The van der Waals surface area contributed by atoms with Gasteiger partial charge in [-0.05, 0) is 66.1 Å². The highest BCUT2D eigenvalue weighted by Crippen LogP contribution is 2.38. The summed E-state index contributed by atoms with van der Waals surface area (Å²) in [6, 6.07) is 32.4. The lowest BCUT2D eigenvalue weighted by atomic mass is 9.97. The van der Waals surface area contributed by atoms with Gasteiger partial charge >= 0.3 is 5.97 Å². The van der Waals surface area contributed by atoms with Crippen molar-refractivity contribution in [3.8, 4) is 5.75 Å². The summed E-state index contributed by atoms with van der Waals surface area (Å²) < 4.78 is 38.7. The van der Waals surface area contributed by atoms with E-state index < -0.39 is 21.4 Å². The van der Waals surface area contributed by atoms with Crippen LogP contribution >= 0.6 is 11.6 Å². The topological polar surface area (TPSA) is 121 Å². The number of benzene rings is 4. The molecule has 10 nitrogen and oxygen atoms in total. The van der Waals surface area contributed by atoms with Gasteiger partial charge in [-0.1, -0.05) is 72.3 Å². The number of nitrogens with zero attached hydrogens (tertiary/aromatic N) is 3. The minimum atomic E-state index is -3.74. The highest BCUT2D eigenvalue weighted by molar-refractivity contribution is 7.90. The maximum atomic E-state index is 13.7. The lowest BCUT2D eigenvalue weighted by Crippen LogP contribution is -2.54. The Labute approximate surface area is 309 Å². The molecule has 4 aromatic carbocycles. The van der Waals surface area contributed by atoms with E-state index in [2.05, 4.69) is 33.6 Å². The monoisotopic (exact) mass is 742 g/mol. The van der Waals surface area contributed by atoms with Gasteiger partial charge in [-0.2, -0.15) is 0 Å². The molecule has 0 radical (unpaired) electrons. The van der Waals surface area contributed by atoms with Crippen LogP contribution in [0.3, 0.4) is 0 Å². The van der Waals surface area contributed by atoms with Crippen molar-refractivity contribution in [2.75, 3.05) is 39.3 Å². The Bertz CT molecular complexity index is 2080. The fraction of sp³-hybridized carbons (Fsp3) is 0.300. The fourth-order valence-electron chi connectivity index (χ4n) is 7.01. The van der Waals surface area contributed by atoms with Crippen molar-refractivity contribution < 1.29 is 27.9 Å². The molecule has 5 aromatic rings. The maximum absolute atomic E-state index is 13.7. The van der Waals surface area contributed by atoms with Gasteiger partial charge in [-0.25, -0.2) is 17.9 Å². The Morgan fingerprint density at radius 3 is 2.06 bits per heavy atom. The van der Waals surface area contributed by atoms with Gasteiger partial charge in [-0.3, -0.25) is 9.69 Å². The van der Waals surface area contributed by atoms with Gasteiger partial charge in [-0.15, -0.1) is 0 Å². The molecule has 0 saturated carbocycles. The number of piperazine rings is 1. The van der Waals surface area contributed by atoms with E-state index in [1.165, 1.54) is 19.1 Å². The number of sulfonamides is 1. The number of aromatic carboxylic acids is 1. The number of hydrogen-bond donors (Lipinski definition) is 2. The summed E-state index contributed by atoms with van der Waals surface area (Å²) >= 11 is 6.63. The summed E-state index contributed by atoms with van der Waals surface area (Å²) in [5.41, 5.74) is 5.21. The number of carbonyl (C=O) groups excluding carboxylic acids is 1. The highest BCUT2D eigenvalue weighted by atomic mass is 35.5. The zero-order chi connectivity index (χ0) is 36.8. The number of halogens is 1. The molecule has 6 rings (SSSR count). The summed E-state index contributed by atoms with van der Waals surface area (Å²) in [5.74, 6) is -0.468. The van der Waals surface area contributed by atoms with Crippen molar-refractivity contribution in [1.82, 2.24) is 19.1 Å². The molecule has 52 heavy (non-hydrogen) atoms. The van der Waals surface area contributed by atoms with E-state index in [-0.39, 0.29) is 24.1 Å². The normalized spacial score (nSPS) is 14.5. The second-order valence-electron chi connectivity index (χ2n) is 12.9. The largest absolute Gasteiger partial charge is 0.493 e. The van der Waals surface area contributed by atoms with Crippen LogP contribution in [0.2, 0.25) is 5.02 Å². The Hall–Kier alpha value is -4.68. The van der Waals surface area contributed by atoms with E-state index in [1.807, 2.05) is 59.5 Å². The molecule has 272 valence electrons. The van der Waals surface area contributed by atoms with Crippen molar-refractivity contribution in [3.63, 3.8) is 0 Å². The standard InChI is InChI=1S/C40H43ClN4O6S/c1-28(46)43-22-24-44(25-23-43)29(2)52(49,50)42-21-19-38-35(20-26-51-34-16-13-32(14-17-34)40(47)48)36-27-33(41)15-18-37(36)45(38)39(30-9-5-3-6-10-30)31-11-7-4-8-12-31/h3-18,27,29,39,42H,19-26H2,1-2H3,(H,47,48). The van der Waals surface area contributed by atoms with Crippen molar-refractivity contribution >= 4 is 44.4 Å². The number of carboxylic acid groups (broad SMARTS) is 1. The molecule has 2 heterocycles. The molecule has 1 fully saturated rings. The summed E-state index contributed by atoms with van der Waals surface area (Å²) in [6.07, 6.45) is 0.870. The van der Waals surface area contributed by atoms with Gasteiger partial charge in [0, 0.05) is 74.1 Å².